The predicted molar refractivity (Wildman–Crippen MR) is 186 cm³/mol. The van der Waals surface area contributed by atoms with Crippen molar-refractivity contribution in [1.29, 1.82) is 0 Å². The molecule has 1 aromatic heterocycles. The molecule has 0 unspecified atom stereocenters. The van der Waals surface area contributed by atoms with Crippen molar-refractivity contribution in [3.63, 3.8) is 0 Å². The largest absolute Gasteiger partial charge is 0.384 e. The number of aliphatic hydroxyl groups is 1. The Morgan fingerprint density at radius 2 is 1.61 bits per heavy atom. The molecule has 4 atom stereocenters. The number of aryl methyl sites for hydroxylation is 1. The second kappa shape index (κ2) is 21.2. The number of amides is 2. The number of ether oxygens (including phenoxy) is 2. The lowest BCUT2D eigenvalue weighted by molar-refractivity contribution is -0.143. The third-order valence-corrected chi connectivity index (χ3v) is 9.95. The topological polar surface area (TPSA) is 187 Å². The van der Waals surface area contributed by atoms with E-state index in [0.29, 0.717) is 21.9 Å². The van der Waals surface area contributed by atoms with E-state index in [4.69, 9.17) is 13.7 Å². The summed E-state index contributed by atoms with van der Waals surface area (Å²) in [5, 5.41) is 17.1. The van der Waals surface area contributed by atoms with Crippen LogP contribution in [0.5, 0.6) is 0 Å². The Kier molecular flexibility index (Phi) is 18.2. The van der Waals surface area contributed by atoms with E-state index in [2.05, 4.69) is 22.5 Å². The zero-order chi connectivity index (χ0) is 36.5. The van der Waals surface area contributed by atoms with Gasteiger partial charge in [0.15, 0.2) is 11.6 Å². The molecule has 0 aliphatic heterocycles. The number of methoxy groups -OCH3 is 2. The smallest absolute Gasteiger partial charge is 0.267 e. The molecule has 274 valence electrons. The van der Waals surface area contributed by atoms with Gasteiger partial charge in [-0.05, 0) is 32.3 Å². The van der Waals surface area contributed by atoms with Gasteiger partial charge >= 0.3 is 0 Å². The summed E-state index contributed by atoms with van der Waals surface area (Å²) in [6.45, 7) is 3.80. The third kappa shape index (κ3) is 15.1. The molecular formula is C34H51N3O10S2. The molecule has 13 nitrogen and oxygen atoms in total. The first kappa shape index (κ1) is 42.1. The molecule has 0 fully saturated rings. The summed E-state index contributed by atoms with van der Waals surface area (Å²) in [5.41, 5.74) is -1.62. The van der Waals surface area contributed by atoms with Gasteiger partial charge in [-0.3, -0.25) is 23.4 Å². The summed E-state index contributed by atoms with van der Waals surface area (Å²) in [6.07, 6.45) is 6.21. The highest BCUT2D eigenvalue weighted by molar-refractivity contribution is 7.86. The molecule has 3 N–H and O–H groups in total. The number of thiazole rings is 1. The first-order valence-corrected chi connectivity index (χ1v) is 18.8. The molecule has 2 aromatic rings. The fourth-order valence-corrected chi connectivity index (χ4v) is 6.77. The number of rotatable bonds is 25. The van der Waals surface area contributed by atoms with Crippen molar-refractivity contribution < 1.29 is 46.4 Å². The lowest BCUT2D eigenvalue weighted by atomic mass is 9.90. The van der Waals surface area contributed by atoms with Crippen molar-refractivity contribution >= 4 is 44.8 Å². The van der Waals surface area contributed by atoms with Crippen molar-refractivity contribution in [3.05, 3.63) is 52.0 Å². The highest BCUT2D eigenvalue weighted by Crippen LogP contribution is 2.18. The maximum atomic E-state index is 13.7. The van der Waals surface area contributed by atoms with E-state index in [1.165, 1.54) is 20.4 Å². The summed E-state index contributed by atoms with van der Waals surface area (Å²) >= 11 is 1.16. The molecular weight excluding hydrogens is 675 g/mol. The van der Waals surface area contributed by atoms with E-state index in [-0.39, 0.29) is 31.8 Å². The third-order valence-electron chi connectivity index (χ3n) is 7.77. The molecule has 0 spiro atoms. The number of carbonyl (C=O) groups excluding carboxylic acids is 4. The number of Topliss-reactive ketones (excluding diaryl/α,β-unsaturated/α-hetero) is 2. The number of hydrogen-bond acceptors (Lipinski definition) is 12. The van der Waals surface area contributed by atoms with Crippen molar-refractivity contribution in [1.82, 2.24) is 15.6 Å². The van der Waals surface area contributed by atoms with Gasteiger partial charge < -0.3 is 25.2 Å². The maximum absolute atomic E-state index is 13.7. The van der Waals surface area contributed by atoms with Gasteiger partial charge in [0.05, 0.1) is 42.1 Å². The number of benzene rings is 1. The van der Waals surface area contributed by atoms with Gasteiger partial charge in [-0.1, -0.05) is 69.4 Å². The first-order chi connectivity index (χ1) is 23.2. The predicted octanol–water partition coefficient (Wildman–Crippen LogP) is 3.17. The van der Waals surface area contributed by atoms with Gasteiger partial charge in [-0.2, -0.15) is 8.42 Å². The van der Waals surface area contributed by atoms with E-state index in [1.54, 1.807) is 37.3 Å². The molecule has 0 aliphatic rings. The van der Waals surface area contributed by atoms with Crippen molar-refractivity contribution in [3.8, 4) is 0 Å². The van der Waals surface area contributed by atoms with Gasteiger partial charge in [-0.15, -0.1) is 11.3 Å². The van der Waals surface area contributed by atoms with E-state index in [1.807, 2.05) is 0 Å². The number of carbonyl (C=O) groups is 4. The van der Waals surface area contributed by atoms with Gasteiger partial charge in [0.1, 0.15) is 23.1 Å². The number of unbranched alkanes of at least 4 members (excludes halogenated alkanes) is 5. The van der Waals surface area contributed by atoms with Crippen LogP contribution < -0.4 is 10.6 Å². The number of nitrogens with one attached hydrogen (secondary N) is 2. The normalized spacial score (nSPS) is 14.7. The van der Waals surface area contributed by atoms with Crippen LogP contribution in [0.2, 0.25) is 0 Å². The van der Waals surface area contributed by atoms with Crippen molar-refractivity contribution in [2.45, 2.75) is 89.8 Å². The van der Waals surface area contributed by atoms with Crippen LogP contribution in [0.3, 0.4) is 0 Å². The second-order valence-corrected chi connectivity index (χ2v) is 15.2. The number of hydrogen-bond donors (Lipinski definition) is 3. The molecule has 2 rings (SSSR count). The van der Waals surface area contributed by atoms with Crippen LogP contribution in [0.15, 0.2) is 36.5 Å². The van der Waals surface area contributed by atoms with Crippen molar-refractivity contribution in [2.24, 2.45) is 5.92 Å². The van der Waals surface area contributed by atoms with E-state index in [9.17, 15) is 32.7 Å². The minimum atomic E-state index is -4.02. The number of aromatic nitrogens is 1. The van der Waals surface area contributed by atoms with Crippen LogP contribution in [-0.4, -0.2) is 99.4 Å². The van der Waals surface area contributed by atoms with Crippen LogP contribution >= 0.6 is 11.3 Å². The quantitative estimate of drug-likeness (QED) is 0.101. The molecule has 49 heavy (non-hydrogen) atoms. The molecule has 0 aliphatic carbocycles. The van der Waals surface area contributed by atoms with Crippen LogP contribution in [0.25, 0.3) is 0 Å². The SMILES string of the molecule is CCCCCCCCS(=O)(=O)OC[C@@](C)(O)C(=O)[C@H](Cc1ccccc1)NC(=O)[C@H](COC)CC(=O)[C@H](COC)NC(=O)c1cnc(C)s1. The standard InChI is InChI=1S/C34H51N3O10S2/c1-6-7-8-9-10-14-17-49(43,44)47-23-34(3,42)31(39)27(18-25-15-12-11-13-16-25)36-32(40)26(21-45-4)19-29(38)28(22-46-5)37-33(41)30-20-35-24(2)48-30/h11-13,15-16,20,26-28,42H,6-10,14,17-19,21-23H2,1-5H3,(H,36,40)(H,37,41)/t26-,27-,28-,34+/m0/s1. The Hall–Kier alpha value is -3.08. The second-order valence-electron chi connectivity index (χ2n) is 12.2. The fourth-order valence-electron chi connectivity index (χ4n) is 5.01. The van der Waals surface area contributed by atoms with Gasteiger partial charge in [0.2, 0.25) is 5.91 Å². The van der Waals surface area contributed by atoms with Crippen LogP contribution in [0, 0.1) is 12.8 Å². The monoisotopic (exact) mass is 725 g/mol. The minimum absolute atomic E-state index is 0.0314. The zero-order valence-electron chi connectivity index (χ0n) is 29.1. The molecule has 0 radical (unpaired) electrons. The first-order valence-electron chi connectivity index (χ1n) is 16.4. The van der Waals surface area contributed by atoms with Gasteiger partial charge in [0, 0.05) is 20.6 Å². The number of ketones is 2. The molecule has 0 saturated heterocycles. The van der Waals surface area contributed by atoms with Gasteiger partial charge in [0.25, 0.3) is 16.0 Å². The van der Waals surface area contributed by atoms with Crippen LogP contribution in [0.1, 0.15) is 79.0 Å². The van der Waals surface area contributed by atoms with Gasteiger partial charge in [-0.25, -0.2) is 4.98 Å². The Morgan fingerprint density at radius 3 is 2.22 bits per heavy atom. The lowest BCUT2D eigenvalue weighted by Crippen LogP contribution is -2.55. The van der Waals surface area contributed by atoms with Crippen LogP contribution in [-0.2, 0) is 44.6 Å². The molecule has 1 heterocycles. The van der Waals surface area contributed by atoms with E-state index >= 15 is 0 Å². The van der Waals surface area contributed by atoms with Crippen LogP contribution in [0.4, 0.5) is 0 Å². The Bertz CT molecular complexity index is 1450. The summed E-state index contributed by atoms with van der Waals surface area (Å²) in [7, 11) is -1.29. The Labute approximate surface area is 293 Å². The fraction of sp³-hybridized carbons (Fsp3) is 0.618. The lowest BCUT2D eigenvalue weighted by Gasteiger charge is -2.29. The molecule has 15 heteroatoms. The summed E-state index contributed by atoms with van der Waals surface area (Å²) in [6, 6.07) is 6.36. The molecule has 0 bridgehead atoms. The minimum Gasteiger partial charge on any atom is -0.384 e. The average molecular weight is 726 g/mol. The van der Waals surface area contributed by atoms with Crippen molar-refractivity contribution in [2.75, 3.05) is 39.8 Å². The molecule has 2 amide bonds. The molecule has 0 saturated carbocycles. The summed E-state index contributed by atoms with van der Waals surface area (Å²) < 4.78 is 40.5. The summed E-state index contributed by atoms with van der Waals surface area (Å²) in [4.78, 5) is 57.8. The average Bonchev–Trinajstić information content (AvgIpc) is 3.51. The highest BCUT2D eigenvalue weighted by atomic mass is 32.2. The highest BCUT2D eigenvalue weighted by Gasteiger charge is 2.39. The maximum Gasteiger partial charge on any atom is 0.267 e. The van der Waals surface area contributed by atoms with E-state index in [0.717, 1.165) is 50.4 Å². The Morgan fingerprint density at radius 1 is 0.959 bits per heavy atom. The summed E-state index contributed by atoms with van der Waals surface area (Å²) in [5.74, 6) is -3.92. The zero-order valence-corrected chi connectivity index (χ0v) is 30.7. The Balaban J connectivity index is 2.17. The van der Waals surface area contributed by atoms with E-state index < -0.39 is 63.7 Å². The number of nitrogens with zero attached hydrogens (tertiary/aromatic N) is 1. The molecule has 1 aromatic carbocycles.